The second kappa shape index (κ2) is 3.70. The molecule has 0 unspecified atom stereocenters. The lowest BCUT2D eigenvalue weighted by Gasteiger charge is -2.43. The molecule has 2 aliphatic rings. The highest BCUT2D eigenvalue weighted by Gasteiger charge is 2.41. The average Bonchev–Trinajstić information content (AvgIpc) is 2.68. The molecule has 1 saturated heterocycles. The fourth-order valence-electron chi connectivity index (χ4n) is 4.01. The van der Waals surface area contributed by atoms with Crippen LogP contribution in [0, 0.1) is 0 Å². The number of nitrogens with zero attached hydrogens (tertiary/aromatic N) is 2. The van der Waals surface area contributed by atoms with Gasteiger partial charge in [0.25, 0.3) is 0 Å². The molecule has 0 amide bonds. The predicted octanol–water partition coefficient (Wildman–Crippen LogP) is 2.44. The Bertz CT molecular complexity index is 685. The SMILES string of the molecule is CN1[C@H]2Cc3c(n(C)c4ccccc34)[C@@H]1CCC2=O. The van der Waals surface area contributed by atoms with Crippen molar-refractivity contribution in [2.75, 3.05) is 7.05 Å². The number of carbonyl (C=O) groups is 1. The molecule has 3 nitrogen and oxygen atoms in total. The molecule has 0 aliphatic carbocycles. The second-order valence-electron chi connectivity index (χ2n) is 5.85. The lowest BCUT2D eigenvalue weighted by molar-refractivity contribution is -0.128. The zero-order valence-corrected chi connectivity index (χ0v) is 11.4. The van der Waals surface area contributed by atoms with Crippen LogP contribution >= 0.6 is 0 Å². The van der Waals surface area contributed by atoms with Gasteiger partial charge in [-0.15, -0.1) is 0 Å². The average molecular weight is 254 g/mol. The van der Waals surface area contributed by atoms with Gasteiger partial charge in [0, 0.05) is 30.1 Å². The molecule has 2 bridgehead atoms. The molecule has 2 atom stereocenters. The maximum atomic E-state index is 12.1. The Morgan fingerprint density at radius 1 is 1.16 bits per heavy atom. The largest absolute Gasteiger partial charge is 0.346 e. The lowest BCUT2D eigenvalue weighted by Crippen LogP contribution is -2.49. The van der Waals surface area contributed by atoms with E-state index in [1.54, 1.807) is 0 Å². The highest BCUT2D eigenvalue weighted by Crippen LogP contribution is 2.43. The molecule has 1 fully saturated rings. The molecule has 98 valence electrons. The van der Waals surface area contributed by atoms with Gasteiger partial charge in [-0.05, 0) is 31.5 Å². The molecule has 1 aromatic heterocycles. The molecular weight excluding hydrogens is 236 g/mol. The van der Waals surface area contributed by atoms with Gasteiger partial charge in [-0.25, -0.2) is 0 Å². The summed E-state index contributed by atoms with van der Waals surface area (Å²) in [6.07, 6.45) is 2.58. The second-order valence-corrected chi connectivity index (χ2v) is 5.85. The first kappa shape index (κ1) is 11.2. The molecule has 19 heavy (non-hydrogen) atoms. The quantitative estimate of drug-likeness (QED) is 0.721. The van der Waals surface area contributed by atoms with Gasteiger partial charge >= 0.3 is 0 Å². The number of carbonyl (C=O) groups excluding carboxylic acids is 1. The number of aryl methyl sites for hydroxylation is 1. The number of hydrogen-bond acceptors (Lipinski definition) is 2. The third kappa shape index (κ3) is 1.34. The van der Waals surface area contributed by atoms with Gasteiger partial charge in [0.05, 0.1) is 12.1 Å². The van der Waals surface area contributed by atoms with Gasteiger partial charge in [0.1, 0.15) is 5.78 Å². The van der Waals surface area contributed by atoms with Crippen LogP contribution in [0.1, 0.15) is 30.1 Å². The van der Waals surface area contributed by atoms with Crippen LogP contribution in [-0.2, 0) is 18.3 Å². The Balaban J connectivity index is 2.02. The van der Waals surface area contributed by atoms with Gasteiger partial charge in [0.15, 0.2) is 0 Å². The van der Waals surface area contributed by atoms with Crippen LogP contribution in [0.5, 0.6) is 0 Å². The van der Waals surface area contributed by atoms with Crippen molar-refractivity contribution in [1.29, 1.82) is 0 Å². The van der Waals surface area contributed by atoms with E-state index in [1.165, 1.54) is 22.2 Å². The molecule has 0 N–H and O–H groups in total. The summed E-state index contributed by atoms with van der Waals surface area (Å²) >= 11 is 0. The summed E-state index contributed by atoms with van der Waals surface area (Å²) in [6.45, 7) is 0. The number of fused-ring (bicyclic) bond motifs is 6. The van der Waals surface area contributed by atoms with Crippen molar-refractivity contribution in [3.63, 3.8) is 0 Å². The van der Waals surface area contributed by atoms with E-state index in [1.807, 2.05) is 0 Å². The van der Waals surface area contributed by atoms with Crippen molar-refractivity contribution in [2.45, 2.75) is 31.3 Å². The minimum Gasteiger partial charge on any atom is -0.346 e. The van der Waals surface area contributed by atoms with Crippen LogP contribution in [0.2, 0.25) is 0 Å². The molecule has 2 aromatic rings. The summed E-state index contributed by atoms with van der Waals surface area (Å²) in [5.41, 5.74) is 4.12. The van der Waals surface area contributed by atoms with Crippen molar-refractivity contribution in [1.82, 2.24) is 9.47 Å². The Kier molecular flexibility index (Phi) is 2.19. The van der Waals surface area contributed by atoms with Crippen LogP contribution in [0.15, 0.2) is 24.3 Å². The van der Waals surface area contributed by atoms with E-state index < -0.39 is 0 Å². The van der Waals surface area contributed by atoms with E-state index in [2.05, 4.69) is 47.8 Å². The lowest BCUT2D eigenvalue weighted by atomic mass is 9.82. The number of Topliss-reactive ketones (excluding diaryl/α,β-unsaturated/α-hetero) is 1. The Morgan fingerprint density at radius 3 is 2.79 bits per heavy atom. The number of para-hydroxylation sites is 1. The maximum Gasteiger partial charge on any atom is 0.150 e. The summed E-state index contributed by atoms with van der Waals surface area (Å²) in [6, 6.07) is 9.06. The maximum absolute atomic E-state index is 12.1. The van der Waals surface area contributed by atoms with E-state index >= 15 is 0 Å². The zero-order valence-electron chi connectivity index (χ0n) is 11.4. The number of ketones is 1. The monoisotopic (exact) mass is 254 g/mol. The summed E-state index contributed by atoms with van der Waals surface area (Å²) in [5, 5.41) is 1.33. The number of hydrogen-bond donors (Lipinski definition) is 0. The smallest absolute Gasteiger partial charge is 0.150 e. The summed E-state index contributed by atoms with van der Waals surface area (Å²) in [7, 11) is 4.26. The molecule has 3 heteroatoms. The Labute approximate surface area is 112 Å². The van der Waals surface area contributed by atoms with E-state index in [0.717, 1.165) is 19.3 Å². The minimum atomic E-state index is 0.0945. The molecule has 0 spiro atoms. The number of rotatable bonds is 0. The standard InChI is InChI=1S/C16H18N2O/c1-17-13-7-8-15(19)14(17)9-11-10-5-3-4-6-12(10)18(2)16(11)13/h3-6,13-14H,7-9H2,1-2H3/t13-,14-/m0/s1. The van der Waals surface area contributed by atoms with Crippen LogP contribution in [0.25, 0.3) is 10.9 Å². The van der Waals surface area contributed by atoms with Crippen molar-refractivity contribution < 1.29 is 4.79 Å². The highest BCUT2D eigenvalue weighted by molar-refractivity contribution is 5.90. The minimum absolute atomic E-state index is 0.0945. The van der Waals surface area contributed by atoms with Crippen molar-refractivity contribution in [2.24, 2.45) is 7.05 Å². The third-order valence-electron chi connectivity index (χ3n) is 4.99. The molecule has 2 aliphatic heterocycles. The summed E-state index contributed by atoms with van der Waals surface area (Å²) in [4.78, 5) is 14.4. The number of benzene rings is 1. The first-order valence-corrected chi connectivity index (χ1v) is 6.99. The fourth-order valence-corrected chi connectivity index (χ4v) is 4.01. The predicted molar refractivity (Wildman–Crippen MR) is 75.2 cm³/mol. The number of likely N-dealkylation sites (N-methyl/N-ethyl adjacent to an activating group) is 1. The molecule has 0 saturated carbocycles. The molecule has 1 aromatic carbocycles. The van der Waals surface area contributed by atoms with E-state index in [-0.39, 0.29) is 6.04 Å². The first-order valence-electron chi connectivity index (χ1n) is 6.99. The molecule has 0 radical (unpaired) electrons. The van der Waals surface area contributed by atoms with Crippen LogP contribution < -0.4 is 0 Å². The Hall–Kier alpha value is -1.61. The van der Waals surface area contributed by atoms with E-state index in [4.69, 9.17) is 0 Å². The zero-order chi connectivity index (χ0) is 13.1. The van der Waals surface area contributed by atoms with Crippen molar-refractivity contribution >= 4 is 16.7 Å². The van der Waals surface area contributed by atoms with Crippen molar-refractivity contribution in [3.05, 3.63) is 35.5 Å². The molecular formula is C16H18N2O. The normalized spacial score (nSPS) is 26.7. The van der Waals surface area contributed by atoms with Crippen LogP contribution in [0.4, 0.5) is 0 Å². The van der Waals surface area contributed by atoms with Crippen molar-refractivity contribution in [3.8, 4) is 0 Å². The van der Waals surface area contributed by atoms with Crippen LogP contribution in [0.3, 0.4) is 0 Å². The van der Waals surface area contributed by atoms with Gasteiger partial charge < -0.3 is 4.57 Å². The van der Waals surface area contributed by atoms with Gasteiger partial charge in [0.2, 0.25) is 0 Å². The summed E-state index contributed by atoms with van der Waals surface area (Å²) in [5.74, 6) is 0.414. The molecule has 4 rings (SSSR count). The number of aromatic nitrogens is 1. The van der Waals surface area contributed by atoms with Gasteiger partial charge in [-0.3, -0.25) is 9.69 Å². The first-order chi connectivity index (χ1) is 9.18. The highest BCUT2D eigenvalue weighted by atomic mass is 16.1. The number of piperidine rings is 1. The third-order valence-corrected chi connectivity index (χ3v) is 4.99. The summed E-state index contributed by atoms with van der Waals surface area (Å²) < 4.78 is 2.33. The fraction of sp³-hybridized carbons (Fsp3) is 0.438. The van der Waals surface area contributed by atoms with Gasteiger partial charge in [-0.2, -0.15) is 0 Å². The topological polar surface area (TPSA) is 25.2 Å². The van der Waals surface area contributed by atoms with Crippen LogP contribution in [-0.4, -0.2) is 28.3 Å². The molecule has 3 heterocycles. The van der Waals surface area contributed by atoms with E-state index in [0.29, 0.717) is 11.8 Å². The van der Waals surface area contributed by atoms with Gasteiger partial charge in [-0.1, -0.05) is 18.2 Å². The Morgan fingerprint density at radius 2 is 1.95 bits per heavy atom. The van der Waals surface area contributed by atoms with E-state index in [9.17, 15) is 4.79 Å².